The van der Waals surface area contributed by atoms with Crippen molar-refractivity contribution in [3.63, 3.8) is 0 Å². The van der Waals surface area contributed by atoms with E-state index in [9.17, 15) is 18.3 Å². The van der Waals surface area contributed by atoms with E-state index in [1.54, 1.807) is 12.2 Å². The zero-order chi connectivity index (χ0) is 12.2. The van der Waals surface area contributed by atoms with E-state index in [0.717, 1.165) is 12.1 Å². The molecule has 0 radical (unpaired) electrons. The minimum Gasteiger partial charge on any atom is -0.388 e. The van der Waals surface area contributed by atoms with Crippen molar-refractivity contribution >= 4 is 0 Å². The molecular formula is C12H13F3O. The van der Waals surface area contributed by atoms with E-state index in [4.69, 9.17) is 0 Å². The van der Waals surface area contributed by atoms with Crippen molar-refractivity contribution in [2.75, 3.05) is 0 Å². The number of rotatable bonds is 3. The average Bonchev–Trinajstić information content (AvgIpc) is 2.25. The van der Waals surface area contributed by atoms with E-state index in [1.807, 2.05) is 6.92 Å². The minimum absolute atomic E-state index is 0.405. The van der Waals surface area contributed by atoms with Gasteiger partial charge in [-0.15, -0.1) is 0 Å². The number of halogens is 3. The molecule has 0 aromatic heterocycles. The van der Waals surface area contributed by atoms with E-state index in [2.05, 4.69) is 0 Å². The SMILES string of the molecule is C/C=C\CC(O)c1ccc(C(F)(F)F)cc1. The van der Waals surface area contributed by atoms with Gasteiger partial charge in [0.25, 0.3) is 0 Å². The topological polar surface area (TPSA) is 20.2 Å². The molecule has 16 heavy (non-hydrogen) atoms. The first-order valence-corrected chi connectivity index (χ1v) is 4.91. The van der Waals surface area contributed by atoms with Crippen LogP contribution in [0.25, 0.3) is 0 Å². The van der Waals surface area contributed by atoms with Crippen LogP contribution >= 0.6 is 0 Å². The van der Waals surface area contributed by atoms with Gasteiger partial charge in [-0.3, -0.25) is 0 Å². The summed E-state index contributed by atoms with van der Waals surface area (Å²) in [5.74, 6) is 0. The van der Waals surface area contributed by atoms with Crippen molar-refractivity contribution in [1.29, 1.82) is 0 Å². The lowest BCUT2D eigenvalue weighted by Gasteiger charge is -2.10. The van der Waals surface area contributed by atoms with Crippen molar-refractivity contribution in [2.45, 2.75) is 25.6 Å². The van der Waals surface area contributed by atoms with Gasteiger partial charge < -0.3 is 5.11 Å². The normalized spacial score (nSPS) is 14.3. The number of alkyl halides is 3. The standard InChI is InChI=1S/C12H13F3O/c1-2-3-4-11(16)9-5-7-10(8-6-9)12(13,14)15/h2-3,5-8,11,16H,4H2,1H3/b3-2-. The Balaban J connectivity index is 2.78. The van der Waals surface area contributed by atoms with E-state index in [-0.39, 0.29) is 0 Å². The summed E-state index contributed by atoms with van der Waals surface area (Å²) in [6, 6.07) is 4.57. The number of aliphatic hydroxyl groups is 1. The average molecular weight is 230 g/mol. The van der Waals surface area contributed by atoms with Gasteiger partial charge in [-0.05, 0) is 31.0 Å². The van der Waals surface area contributed by atoms with E-state index >= 15 is 0 Å². The van der Waals surface area contributed by atoms with Crippen LogP contribution in [-0.2, 0) is 6.18 Å². The fourth-order valence-electron chi connectivity index (χ4n) is 1.30. The molecule has 0 heterocycles. The fourth-order valence-corrected chi connectivity index (χ4v) is 1.30. The number of hydrogen-bond donors (Lipinski definition) is 1. The van der Waals surface area contributed by atoms with Crippen LogP contribution in [0.2, 0.25) is 0 Å². The van der Waals surface area contributed by atoms with E-state index in [0.29, 0.717) is 12.0 Å². The Labute approximate surface area is 92.2 Å². The molecule has 88 valence electrons. The minimum atomic E-state index is -4.33. The smallest absolute Gasteiger partial charge is 0.388 e. The number of aliphatic hydroxyl groups excluding tert-OH is 1. The largest absolute Gasteiger partial charge is 0.416 e. The highest BCUT2D eigenvalue weighted by Crippen LogP contribution is 2.30. The molecule has 0 aliphatic carbocycles. The van der Waals surface area contributed by atoms with Gasteiger partial charge in [-0.25, -0.2) is 0 Å². The zero-order valence-corrected chi connectivity index (χ0v) is 8.83. The Bertz CT molecular complexity index is 352. The molecular weight excluding hydrogens is 217 g/mol. The summed E-state index contributed by atoms with van der Waals surface area (Å²) in [5.41, 5.74) is -0.208. The monoisotopic (exact) mass is 230 g/mol. The summed E-state index contributed by atoms with van der Waals surface area (Å²) in [7, 11) is 0. The lowest BCUT2D eigenvalue weighted by molar-refractivity contribution is -0.137. The van der Waals surface area contributed by atoms with Crippen LogP contribution in [0.4, 0.5) is 13.2 Å². The third-order valence-corrected chi connectivity index (χ3v) is 2.22. The molecule has 4 heteroatoms. The van der Waals surface area contributed by atoms with Gasteiger partial charge in [-0.1, -0.05) is 24.3 Å². The molecule has 0 saturated heterocycles. The van der Waals surface area contributed by atoms with Crippen molar-refractivity contribution in [1.82, 2.24) is 0 Å². The third kappa shape index (κ3) is 3.38. The van der Waals surface area contributed by atoms with Crippen molar-refractivity contribution in [3.8, 4) is 0 Å². The van der Waals surface area contributed by atoms with Gasteiger partial charge in [-0.2, -0.15) is 13.2 Å². The van der Waals surface area contributed by atoms with Crippen LogP contribution in [0.15, 0.2) is 36.4 Å². The van der Waals surface area contributed by atoms with Crippen molar-refractivity contribution in [2.24, 2.45) is 0 Å². The second-order valence-electron chi connectivity index (χ2n) is 3.44. The highest BCUT2D eigenvalue weighted by molar-refractivity contribution is 5.26. The lowest BCUT2D eigenvalue weighted by atomic mass is 10.0. The van der Waals surface area contributed by atoms with Crippen molar-refractivity contribution in [3.05, 3.63) is 47.5 Å². The molecule has 0 amide bonds. The number of hydrogen-bond acceptors (Lipinski definition) is 1. The van der Waals surface area contributed by atoms with Crippen LogP contribution in [-0.4, -0.2) is 5.11 Å². The summed E-state index contributed by atoms with van der Waals surface area (Å²) in [5, 5.41) is 9.61. The summed E-state index contributed by atoms with van der Waals surface area (Å²) in [6.45, 7) is 1.82. The van der Waals surface area contributed by atoms with E-state index in [1.165, 1.54) is 12.1 Å². The zero-order valence-electron chi connectivity index (χ0n) is 8.83. The van der Waals surface area contributed by atoms with Gasteiger partial charge in [0.05, 0.1) is 11.7 Å². The Hall–Kier alpha value is -1.29. The molecule has 1 N–H and O–H groups in total. The number of allylic oxidation sites excluding steroid dienone is 1. The molecule has 1 nitrogen and oxygen atoms in total. The van der Waals surface area contributed by atoms with Crippen molar-refractivity contribution < 1.29 is 18.3 Å². The molecule has 0 aliphatic rings. The molecule has 0 spiro atoms. The molecule has 1 atom stereocenters. The van der Waals surface area contributed by atoms with Crippen LogP contribution in [0.1, 0.15) is 30.6 Å². The van der Waals surface area contributed by atoms with Gasteiger partial charge in [0, 0.05) is 0 Å². The third-order valence-electron chi connectivity index (χ3n) is 2.22. The first-order chi connectivity index (χ1) is 7.45. The summed E-state index contributed by atoms with van der Waals surface area (Å²) in [4.78, 5) is 0. The summed E-state index contributed by atoms with van der Waals surface area (Å²) < 4.78 is 36.7. The maximum absolute atomic E-state index is 12.2. The molecule has 1 rings (SSSR count). The molecule has 1 aromatic carbocycles. The van der Waals surface area contributed by atoms with E-state index < -0.39 is 17.8 Å². The first kappa shape index (κ1) is 12.8. The Kier molecular flexibility index (Phi) is 4.12. The first-order valence-electron chi connectivity index (χ1n) is 4.91. The van der Waals surface area contributed by atoms with Gasteiger partial charge >= 0.3 is 6.18 Å². The second-order valence-corrected chi connectivity index (χ2v) is 3.44. The Morgan fingerprint density at radius 2 is 1.81 bits per heavy atom. The molecule has 1 unspecified atom stereocenters. The van der Waals surface area contributed by atoms with Gasteiger partial charge in [0.2, 0.25) is 0 Å². The Morgan fingerprint density at radius 3 is 2.25 bits per heavy atom. The molecule has 0 bridgehead atoms. The van der Waals surface area contributed by atoms with Crippen LogP contribution in [0, 0.1) is 0 Å². The van der Waals surface area contributed by atoms with Gasteiger partial charge in [0.15, 0.2) is 0 Å². The van der Waals surface area contributed by atoms with Crippen LogP contribution in [0.3, 0.4) is 0 Å². The highest BCUT2D eigenvalue weighted by Gasteiger charge is 2.30. The lowest BCUT2D eigenvalue weighted by Crippen LogP contribution is -2.05. The Morgan fingerprint density at radius 1 is 1.25 bits per heavy atom. The fraction of sp³-hybridized carbons (Fsp3) is 0.333. The van der Waals surface area contributed by atoms with Crippen LogP contribution in [0.5, 0.6) is 0 Å². The maximum Gasteiger partial charge on any atom is 0.416 e. The predicted octanol–water partition coefficient (Wildman–Crippen LogP) is 3.71. The summed E-state index contributed by atoms with van der Waals surface area (Å²) in [6.07, 6.45) is -1.12. The molecule has 1 aromatic rings. The maximum atomic E-state index is 12.2. The quantitative estimate of drug-likeness (QED) is 0.785. The van der Waals surface area contributed by atoms with Crippen LogP contribution < -0.4 is 0 Å². The van der Waals surface area contributed by atoms with Gasteiger partial charge in [0.1, 0.15) is 0 Å². The number of benzene rings is 1. The highest BCUT2D eigenvalue weighted by atomic mass is 19.4. The molecule has 0 aliphatic heterocycles. The molecule has 0 fully saturated rings. The molecule has 0 saturated carbocycles. The second kappa shape index (κ2) is 5.16. The predicted molar refractivity (Wildman–Crippen MR) is 55.8 cm³/mol. The summed E-state index contributed by atoms with van der Waals surface area (Å²) >= 11 is 0.